The fraction of sp³-hybridized carbons (Fsp3) is 0.222. The van der Waals surface area contributed by atoms with Crippen LogP contribution in [0.2, 0.25) is 0 Å². The van der Waals surface area contributed by atoms with Crippen LogP contribution in [0.1, 0.15) is 16.7 Å². The molecule has 122 valence electrons. The maximum absolute atomic E-state index is 12.4. The molecule has 2 aromatic rings. The van der Waals surface area contributed by atoms with E-state index in [1.54, 1.807) is 29.2 Å². The highest BCUT2D eigenvalue weighted by atomic mass is 32.2. The molecule has 0 saturated heterocycles. The van der Waals surface area contributed by atoms with Gasteiger partial charge in [0.2, 0.25) is 5.91 Å². The molecule has 0 N–H and O–H groups in total. The van der Waals surface area contributed by atoms with Gasteiger partial charge in [-0.1, -0.05) is 30.3 Å². The summed E-state index contributed by atoms with van der Waals surface area (Å²) in [6.07, 6.45) is 0.748. The van der Waals surface area contributed by atoms with E-state index in [4.69, 9.17) is 5.26 Å². The average molecular weight is 340 g/mol. The fourth-order valence-electron chi connectivity index (χ4n) is 2.84. The van der Waals surface area contributed by atoms with E-state index >= 15 is 0 Å². The van der Waals surface area contributed by atoms with Crippen LogP contribution in [0.5, 0.6) is 0 Å². The Bertz CT molecular complexity index is 912. The van der Waals surface area contributed by atoms with Crippen LogP contribution in [0.15, 0.2) is 48.5 Å². The second kappa shape index (κ2) is 6.46. The third-order valence-corrected chi connectivity index (χ3v) is 5.46. The number of carbonyl (C=O) groups is 1. The summed E-state index contributed by atoms with van der Waals surface area (Å²) < 4.78 is 24.6. The van der Waals surface area contributed by atoms with Crippen molar-refractivity contribution in [3.05, 3.63) is 65.2 Å². The van der Waals surface area contributed by atoms with Crippen LogP contribution < -0.4 is 4.90 Å². The second-order valence-electron chi connectivity index (χ2n) is 5.77. The number of benzene rings is 2. The first kappa shape index (κ1) is 16.2. The number of rotatable bonds is 4. The molecule has 6 heteroatoms. The van der Waals surface area contributed by atoms with Crippen LogP contribution in [0.4, 0.5) is 5.69 Å². The van der Waals surface area contributed by atoms with Gasteiger partial charge in [-0.2, -0.15) is 5.26 Å². The molecule has 5 nitrogen and oxygen atoms in total. The SMILES string of the molecule is N#Cc1ccc(CS(=O)(=O)CC(=O)N2CCc3ccccc32)cc1. The molecule has 0 aromatic heterocycles. The van der Waals surface area contributed by atoms with Crippen molar-refractivity contribution in [3.63, 3.8) is 0 Å². The summed E-state index contributed by atoms with van der Waals surface area (Å²) >= 11 is 0. The number of nitrogens with zero attached hydrogens (tertiary/aromatic N) is 2. The number of nitriles is 1. The Morgan fingerprint density at radius 1 is 1.12 bits per heavy atom. The van der Waals surface area contributed by atoms with Gasteiger partial charge >= 0.3 is 0 Å². The number of hydrogen-bond donors (Lipinski definition) is 0. The fourth-order valence-corrected chi connectivity index (χ4v) is 4.18. The molecule has 0 fully saturated rings. The minimum Gasteiger partial charge on any atom is -0.311 e. The molecular weight excluding hydrogens is 324 g/mol. The van der Waals surface area contributed by atoms with Gasteiger partial charge in [0.25, 0.3) is 0 Å². The van der Waals surface area contributed by atoms with Crippen molar-refractivity contribution in [1.82, 2.24) is 0 Å². The van der Waals surface area contributed by atoms with E-state index in [2.05, 4.69) is 0 Å². The van der Waals surface area contributed by atoms with Crippen LogP contribution in [0.25, 0.3) is 0 Å². The van der Waals surface area contributed by atoms with Crippen molar-refractivity contribution in [2.24, 2.45) is 0 Å². The third-order valence-electron chi connectivity index (χ3n) is 4.00. The molecule has 0 bridgehead atoms. The third kappa shape index (κ3) is 3.47. The molecule has 0 unspecified atom stereocenters. The normalized spacial score (nSPS) is 13.4. The average Bonchev–Trinajstić information content (AvgIpc) is 2.99. The Hall–Kier alpha value is -2.65. The van der Waals surface area contributed by atoms with Crippen molar-refractivity contribution in [2.45, 2.75) is 12.2 Å². The molecule has 1 heterocycles. The highest BCUT2D eigenvalue weighted by Crippen LogP contribution is 2.27. The Kier molecular flexibility index (Phi) is 4.36. The summed E-state index contributed by atoms with van der Waals surface area (Å²) in [5, 5.41) is 8.76. The molecular formula is C18H16N2O3S. The van der Waals surface area contributed by atoms with E-state index in [-0.39, 0.29) is 5.75 Å². The lowest BCUT2D eigenvalue weighted by atomic mass is 10.2. The molecule has 1 aliphatic rings. The number of anilines is 1. The topological polar surface area (TPSA) is 78.2 Å². The number of hydrogen-bond acceptors (Lipinski definition) is 4. The molecule has 0 radical (unpaired) electrons. The summed E-state index contributed by atoms with van der Waals surface area (Å²) in [5.41, 5.74) is 2.91. The van der Waals surface area contributed by atoms with E-state index < -0.39 is 21.5 Å². The van der Waals surface area contributed by atoms with Gasteiger partial charge in [0, 0.05) is 12.2 Å². The Morgan fingerprint density at radius 2 is 1.83 bits per heavy atom. The molecule has 3 rings (SSSR count). The van der Waals surface area contributed by atoms with Crippen molar-refractivity contribution in [3.8, 4) is 6.07 Å². The molecule has 2 aromatic carbocycles. The zero-order chi connectivity index (χ0) is 17.2. The van der Waals surface area contributed by atoms with E-state index in [1.165, 1.54) is 0 Å². The highest BCUT2D eigenvalue weighted by Gasteiger charge is 2.27. The van der Waals surface area contributed by atoms with Gasteiger partial charge in [0.1, 0.15) is 5.75 Å². The van der Waals surface area contributed by atoms with Crippen LogP contribution >= 0.6 is 0 Å². The first-order valence-corrected chi connectivity index (χ1v) is 9.38. The lowest BCUT2D eigenvalue weighted by molar-refractivity contribution is -0.116. The Morgan fingerprint density at radius 3 is 2.54 bits per heavy atom. The van der Waals surface area contributed by atoms with Crippen molar-refractivity contribution in [1.29, 1.82) is 5.26 Å². The largest absolute Gasteiger partial charge is 0.311 e. The number of carbonyl (C=O) groups excluding carboxylic acids is 1. The number of fused-ring (bicyclic) bond motifs is 1. The van der Waals surface area contributed by atoms with Crippen molar-refractivity contribution < 1.29 is 13.2 Å². The van der Waals surface area contributed by atoms with Gasteiger partial charge in [-0.25, -0.2) is 8.42 Å². The summed E-state index contributed by atoms with van der Waals surface area (Å²) in [6, 6.07) is 15.9. The molecule has 0 aliphatic carbocycles. The maximum atomic E-state index is 12.4. The van der Waals surface area contributed by atoms with Crippen LogP contribution in [-0.4, -0.2) is 26.6 Å². The van der Waals surface area contributed by atoms with Gasteiger partial charge in [0.05, 0.1) is 17.4 Å². The lowest BCUT2D eigenvalue weighted by Crippen LogP contribution is -2.34. The van der Waals surface area contributed by atoms with Crippen LogP contribution in [0, 0.1) is 11.3 Å². The lowest BCUT2D eigenvalue weighted by Gasteiger charge is -2.17. The molecule has 1 aliphatic heterocycles. The summed E-state index contributed by atoms with van der Waals surface area (Å²) in [4.78, 5) is 14.0. The quantitative estimate of drug-likeness (QED) is 0.853. The molecule has 0 saturated carbocycles. The van der Waals surface area contributed by atoms with E-state index in [1.807, 2.05) is 30.3 Å². The van der Waals surface area contributed by atoms with E-state index in [0.717, 1.165) is 17.7 Å². The molecule has 0 spiro atoms. The van der Waals surface area contributed by atoms with Crippen LogP contribution in [-0.2, 0) is 26.8 Å². The van der Waals surface area contributed by atoms with Gasteiger partial charge in [-0.15, -0.1) is 0 Å². The van der Waals surface area contributed by atoms with E-state index in [9.17, 15) is 13.2 Å². The zero-order valence-electron chi connectivity index (χ0n) is 13.0. The summed E-state index contributed by atoms with van der Waals surface area (Å²) in [5.74, 6) is -1.12. The molecule has 1 amide bonds. The number of para-hydroxylation sites is 1. The van der Waals surface area contributed by atoms with Crippen molar-refractivity contribution >= 4 is 21.4 Å². The maximum Gasteiger partial charge on any atom is 0.242 e. The number of sulfone groups is 1. The van der Waals surface area contributed by atoms with Gasteiger partial charge in [-0.3, -0.25) is 4.79 Å². The zero-order valence-corrected chi connectivity index (χ0v) is 13.8. The van der Waals surface area contributed by atoms with Gasteiger partial charge in [-0.05, 0) is 35.7 Å². The summed E-state index contributed by atoms with van der Waals surface area (Å²) in [7, 11) is -3.57. The predicted molar refractivity (Wildman–Crippen MR) is 91.1 cm³/mol. The van der Waals surface area contributed by atoms with Gasteiger partial charge in [0.15, 0.2) is 9.84 Å². The Balaban J connectivity index is 1.70. The minimum absolute atomic E-state index is 0.208. The minimum atomic E-state index is -3.57. The highest BCUT2D eigenvalue weighted by molar-refractivity contribution is 7.91. The van der Waals surface area contributed by atoms with Crippen LogP contribution in [0.3, 0.4) is 0 Å². The standard InChI is InChI=1S/C18H16N2O3S/c19-11-14-5-7-15(8-6-14)12-24(22,23)13-18(21)20-10-9-16-3-1-2-4-17(16)20/h1-8H,9-10,12-13H2. The van der Waals surface area contributed by atoms with E-state index in [0.29, 0.717) is 17.7 Å². The predicted octanol–water partition coefficient (Wildman–Crippen LogP) is 2.06. The first-order valence-electron chi connectivity index (χ1n) is 7.56. The molecule has 24 heavy (non-hydrogen) atoms. The Labute approximate surface area is 141 Å². The monoisotopic (exact) mass is 340 g/mol. The first-order chi connectivity index (χ1) is 11.5. The summed E-state index contributed by atoms with van der Waals surface area (Å²) in [6.45, 7) is 0.518. The number of amides is 1. The second-order valence-corrected chi connectivity index (χ2v) is 7.83. The van der Waals surface area contributed by atoms with Gasteiger partial charge < -0.3 is 4.90 Å². The molecule has 0 atom stereocenters. The smallest absolute Gasteiger partial charge is 0.242 e. The van der Waals surface area contributed by atoms with Crippen molar-refractivity contribution in [2.75, 3.05) is 17.2 Å².